The van der Waals surface area contributed by atoms with E-state index in [1.807, 2.05) is 55.5 Å². The van der Waals surface area contributed by atoms with Crippen LogP contribution < -0.4 is 0 Å². The summed E-state index contributed by atoms with van der Waals surface area (Å²) in [4.78, 5) is 4.28. The van der Waals surface area contributed by atoms with Crippen molar-refractivity contribution in [2.75, 3.05) is 33.7 Å². The van der Waals surface area contributed by atoms with Gasteiger partial charge in [0.2, 0.25) is 0 Å². The van der Waals surface area contributed by atoms with Crippen molar-refractivity contribution in [1.82, 2.24) is 24.8 Å². The lowest BCUT2D eigenvalue weighted by Gasteiger charge is -2.26. The summed E-state index contributed by atoms with van der Waals surface area (Å²) >= 11 is 0. The molecule has 0 aliphatic carbocycles. The standard InChI is InChI=1S/C16H23N5O/c1-19(2)12-16(22)8-9-20(13-16)10-14-11-21(18-17-14)15-6-4-3-5-7-15/h3-7,11,22H,8-10,12-13H2,1-2H3/t16-/m0/s1. The van der Waals surface area contributed by atoms with Crippen LogP contribution in [0.3, 0.4) is 0 Å². The fourth-order valence-corrected chi connectivity index (χ4v) is 3.10. The Hall–Kier alpha value is -1.76. The van der Waals surface area contributed by atoms with Gasteiger partial charge in [-0.15, -0.1) is 5.10 Å². The van der Waals surface area contributed by atoms with Crippen LogP contribution in [-0.4, -0.2) is 69.2 Å². The maximum absolute atomic E-state index is 10.6. The molecular weight excluding hydrogens is 278 g/mol. The van der Waals surface area contributed by atoms with Crippen molar-refractivity contribution in [3.8, 4) is 5.69 Å². The van der Waals surface area contributed by atoms with E-state index in [0.717, 1.165) is 30.9 Å². The van der Waals surface area contributed by atoms with Gasteiger partial charge in [0.05, 0.1) is 23.2 Å². The Bertz CT molecular complexity index is 612. The summed E-state index contributed by atoms with van der Waals surface area (Å²) in [5, 5.41) is 19.0. The third-order valence-corrected chi connectivity index (χ3v) is 3.97. The van der Waals surface area contributed by atoms with Gasteiger partial charge in [0.1, 0.15) is 0 Å². The molecule has 6 heteroatoms. The molecule has 2 heterocycles. The summed E-state index contributed by atoms with van der Waals surface area (Å²) < 4.78 is 1.79. The van der Waals surface area contributed by atoms with E-state index < -0.39 is 5.60 Å². The summed E-state index contributed by atoms with van der Waals surface area (Å²) in [5.41, 5.74) is 1.32. The van der Waals surface area contributed by atoms with E-state index in [2.05, 4.69) is 15.2 Å². The second kappa shape index (κ2) is 6.16. The van der Waals surface area contributed by atoms with Gasteiger partial charge in [0, 0.05) is 26.2 Å². The van der Waals surface area contributed by atoms with E-state index in [0.29, 0.717) is 13.1 Å². The first-order chi connectivity index (χ1) is 10.5. The molecule has 0 unspecified atom stereocenters. The highest BCUT2D eigenvalue weighted by atomic mass is 16.3. The van der Waals surface area contributed by atoms with Gasteiger partial charge in [0.15, 0.2) is 0 Å². The minimum atomic E-state index is -0.612. The molecule has 1 aromatic heterocycles. The second-order valence-electron chi connectivity index (χ2n) is 6.41. The van der Waals surface area contributed by atoms with Gasteiger partial charge < -0.3 is 10.0 Å². The summed E-state index contributed by atoms with van der Waals surface area (Å²) in [6.07, 6.45) is 2.76. The van der Waals surface area contributed by atoms with E-state index in [9.17, 15) is 5.11 Å². The molecule has 1 N–H and O–H groups in total. The first kappa shape index (κ1) is 15.1. The third kappa shape index (κ3) is 3.52. The Balaban J connectivity index is 1.62. The van der Waals surface area contributed by atoms with Crippen molar-refractivity contribution >= 4 is 0 Å². The van der Waals surface area contributed by atoms with Crippen molar-refractivity contribution in [3.05, 3.63) is 42.2 Å². The number of nitrogens with zero attached hydrogens (tertiary/aromatic N) is 5. The molecule has 0 saturated carbocycles. The molecule has 2 aromatic rings. The average molecular weight is 301 g/mol. The SMILES string of the molecule is CN(C)C[C@@]1(O)CCN(Cc2cn(-c3ccccc3)nn2)C1. The van der Waals surface area contributed by atoms with Gasteiger partial charge in [-0.2, -0.15) is 0 Å². The number of para-hydroxylation sites is 1. The van der Waals surface area contributed by atoms with Gasteiger partial charge in [-0.05, 0) is 32.6 Å². The number of rotatable bonds is 5. The number of benzene rings is 1. The quantitative estimate of drug-likeness (QED) is 0.884. The van der Waals surface area contributed by atoms with Crippen molar-refractivity contribution in [2.45, 2.75) is 18.6 Å². The van der Waals surface area contributed by atoms with Crippen molar-refractivity contribution < 1.29 is 5.11 Å². The molecule has 1 aliphatic heterocycles. The minimum absolute atomic E-state index is 0.612. The maximum atomic E-state index is 10.6. The van der Waals surface area contributed by atoms with Crippen LogP contribution in [0.2, 0.25) is 0 Å². The Labute approximate surface area is 131 Å². The third-order valence-electron chi connectivity index (χ3n) is 3.97. The first-order valence-corrected chi connectivity index (χ1v) is 7.60. The van der Waals surface area contributed by atoms with Crippen LogP contribution in [0.4, 0.5) is 0 Å². The number of aromatic nitrogens is 3. The van der Waals surface area contributed by atoms with Gasteiger partial charge in [0.25, 0.3) is 0 Å². The number of β-amino-alcohol motifs (C(OH)–C–C–N with tert-alkyl or cyclic N) is 1. The highest BCUT2D eigenvalue weighted by Crippen LogP contribution is 2.23. The maximum Gasteiger partial charge on any atom is 0.0971 e. The fourth-order valence-electron chi connectivity index (χ4n) is 3.10. The minimum Gasteiger partial charge on any atom is -0.387 e. The number of likely N-dealkylation sites (N-methyl/N-ethyl adjacent to an activating group) is 1. The van der Waals surface area contributed by atoms with Crippen LogP contribution in [-0.2, 0) is 6.54 Å². The van der Waals surface area contributed by atoms with Crippen LogP contribution >= 0.6 is 0 Å². The molecule has 0 radical (unpaired) electrons. The first-order valence-electron chi connectivity index (χ1n) is 7.60. The Morgan fingerprint density at radius 2 is 2.05 bits per heavy atom. The zero-order valence-corrected chi connectivity index (χ0v) is 13.2. The van der Waals surface area contributed by atoms with Crippen LogP contribution in [0.1, 0.15) is 12.1 Å². The van der Waals surface area contributed by atoms with Gasteiger partial charge >= 0.3 is 0 Å². The van der Waals surface area contributed by atoms with Crippen LogP contribution in [0.25, 0.3) is 5.69 Å². The van der Waals surface area contributed by atoms with Gasteiger partial charge in [-0.25, -0.2) is 4.68 Å². The molecule has 0 amide bonds. The molecule has 22 heavy (non-hydrogen) atoms. The van der Waals surface area contributed by atoms with Gasteiger partial charge in [-0.1, -0.05) is 23.4 Å². The smallest absolute Gasteiger partial charge is 0.0971 e. The zero-order valence-electron chi connectivity index (χ0n) is 13.2. The Morgan fingerprint density at radius 3 is 2.77 bits per heavy atom. The largest absolute Gasteiger partial charge is 0.387 e. The topological polar surface area (TPSA) is 57.4 Å². The molecule has 1 atom stereocenters. The molecule has 6 nitrogen and oxygen atoms in total. The highest BCUT2D eigenvalue weighted by Gasteiger charge is 2.36. The predicted octanol–water partition coefficient (Wildman–Crippen LogP) is 0.766. The van der Waals surface area contributed by atoms with E-state index in [-0.39, 0.29) is 0 Å². The zero-order chi connectivity index (χ0) is 15.6. The summed E-state index contributed by atoms with van der Waals surface area (Å²) in [6.45, 7) is 2.99. The molecule has 0 bridgehead atoms. The van der Waals surface area contributed by atoms with E-state index >= 15 is 0 Å². The van der Waals surface area contributed by atoms with Crippen LogP contribution in [0.5, 0.6) is 0 Å². The van der Waals surface area contributed by atoms with Crippen molar-refractivity contribution in [2.24, 2.45) is 0 Å². The monoisotopic (exact) mass is 301 g/mol. The summed E-state index contributed by atoms with van der Waals surface area (Å²) in [5.74, 6) is 0. The van der Waals surface area contributed by atoms with Crippen LogP contribution in [0, 0.1) is 0 Å². The predicted molar refractivity (Wildman–Crippen MR) is 84.8 cm³/mol. The van der Waals surface area contributed by atoms with Crippen molar-refractivity contribution in [3.63, 3.8) is 0 Å². The second-order valence-corrected chi connectivity index (χ2v) is 6.41. The number of hydrogen-bond acceptors (Lipinski definition) is 5. The number of hydrogen-bond donors (Lipinski definition) is 1. The molecule has 0 spiro atoms. The lowest BCUT2D eigenvalue weighted by molar-refractivity contribution is 0.0239. The lowest BCUT2D eigenvalue weighted by atomic mass is 10.0. The fraction of sp³-hybridized carbons (Fsp3) is 0.500. The molecule has 1 fully saturated rings. The molecule has 1 saturated heterocycles. The van der Waals surface area contributed by atoms with E-state index in [1.54, 1.807) is 4.68 Å². The van der Waals surface area contributed by atoms with Gasteiger partial charge in [-0.3, -0.25) is 4.90 Å². The van der Waals surface area contributed by atoms with Crippen molar-refractivity contribution in [1.29, 1.82) is 0 Å². The lowest BCUT2D eigenvalue weighted by Crippen LogP contribution is -2.42. The highest BCUT2D eigenvalue weighted by molar-refractivity contribution is 5.29. The molecule has 1 aromatic carbocycles. The summed E-state index contributed by atoms with van der Waals surface area (Å²) in [6, 6.07) is 9.96. The molecular formula is C16H23N5O. The summed E-state index contributed by atoms with van der Waals surface area (Å²) in [7, 11) is 3.98. The number of likely N-dealkylation sites (tertiary alicyclic amines) is 1. The molecule has 3 rings (SSSR count). The average Bonchev–Trinajstić information content (AvgIpc) is 3.07. The normalized spacial score (nSPS) is 22.5. The Morgan fingerprint density at radius 1 is 1.27 bits per heavy atom. The number of aliphatic hydroxyl groups is 1. The van der Waals surface area contributed by atoms with E-state index in [4.69, 9.17) is 0 Å². The molecule has 118 valence electrons. The van der Waals surface area contributed by atoms with Crippen LogP contribution in [0.15, 0.2) is 36.5 Å². The Kier molecular flexibility index (Phi) is 4.24. The van der Waals surface area contributed by atoms with E-state index in [1.165, 1.54) is 0 Å². The molecule has 1 aliphatic rings.